The first kappa shape index (κ1) is 18.2. The molecular formula is C19H29N. The molecule has 110 valence electrons. The van der Waals surface area contributed by atoms with Crippen molar-refractivity contribution in [1.82, 2.24) is 5.32 Å². The highest BCUT2D eigenvalue weighted by Gasteiger charge is 1.98. The zero-order chi connectivity index (χ0) is 15.2. The van der Waals surface area contributed by atoms with Gasteiger partial charge in [0.05, 0.1) is 0 Å². The molecule has 0 bridgehead atoms. The van der Waals surface area contributed by atoms with Crippen molar-refractivity contribution in [2.45, 2.75) is 47.0 Å². The van der Waals surface area contributed by atoms with E-state index in [2.05, 4.69) is 62.2 Å². The van der Waals surface area contributed by atoms with Gasteiger partial charge < -0.3 is 5.32 Å². The molecule has 20 heavy (non-hydrogen) atoms. The lowest BCUT2D eigenvalue weighted by atomic mass is 10.1. The second-order valence-electron chi connectivity index (χ2n) is 4.61. The molecule has 0 aromatic rings. The number of hydrogen-bond donors (Lipinski definition) is 1. The first-order valence-corrected chi connectivity index (χ1v) is 7.40. The van der Waals surface area contributed by atoms with Crippen LogP contribution in [0.1, 0.15) is 47.0 Å². The Morgan fingerprint density at radius 1 is 1.10 bits per heavy atom. The van der Waals surface area contributed by atoms with Crippen molar-refractivity contribution >= 4 is 0 Å². The predicted molar refractivity (Wildman–Crippen MR) is 92.4 cm³/mol. The summed E-state index contributed by atoms with van der Waals surface area (Å²) >= 11 is 0. The molecule has 0 aliphatic rings. The Labute approximate surface area is 125 Å². The molecule has 0 unspecified atom stereocenters. The quantitative estimate of drug-likeness (QED) is 0.521. The molecule has 0 spiro atoms. The maximum absolute atomic E-state index is 4.12. The van der Waals surface area contributed by atoms with Crippen LogP contribution >= 0.6 is 0 Å². The lowest BCUT2D eigenvalue weighted by Gasteiger charge is -2.11. The second kappa shape index (κ2) is 12.3. The van der Waals surface area contributed by atoms with Crippen molar-refractivity contribution < 1.29 is 0 Å². The smallest absolute Gasteiger partial charge is 0.0378 e. The Hall–Kier alpha value is -1.76. The summed E-state index contributed by atoms with van der Waals surface area (Å²) in [5.74, 6) is 0. The summed E-state index contributed by atoms with van der Waals surface area (Å²) in [5, 5.41) is 3.39. The fraction of sp³-hybridized carbons (Fsp3) is 0.368. The van der Waals surface area contributed by atoms with Gasteiger partial charge in [-0.25, -0.2) is 0 Å². The van der Waals surface area contributed by atoms with Crippen molar-refractivity contribution in [1.29, 1.82) is 0 Å². The lowest BCUT2D eigenvalue weighted by Crippen LogP contribution is -2.10. The molecule has 0 saturated carbocycles. The van der Waals surface area contributed by atoms with Crippen LogP contribution in [0.25, 0.3) is 0 Å². The molecule has 0 rings (SSSR count). The van der Waals surface area contributed by atoms with E-state index in [4.69, 9.17) is 0 Å². The molecule has 0 amide bonds. The normalized spacial score (nSPS) is 13.8. The van der Waals surface area contributed by atoms with E-state index in [1.165, 1.54) is 12.0 Å². The molecule has 0 aromatic heterocycles. The van der Waals surface area contributed by atoms with Crippen molar-refractivity contribution in [2.24, 2.45) is 0 Å². The highest BCUT2D eigenvalue weighted by atomic mass is 14.9. The molecule has 0 aliphatic carbocycles. The van der Waals surface area contributed by atoms with Crippen LogP contribution in [0.15, 0.2) is 72.2 Å². The lowest BCUT2D eigenvalue weighted by molar-refractivity contribution is 0.927. The first-order valence-electron chi connectivity index (χ1n) is 7.40. The van der Waals surface area contributed by atoms with Crippen molar-refractivity contribution in [2.75, 3.05) is 0 Å². The van der Waals surface area contributed by atoms with Crippen molar-refractivity contribution in [3.8, 4) is 0 Å². The molecule has 0 atom stereocenters. The molecule has 1 nitrogen and oxygen atoms in total. The van der Waals surface area contributed by atoms with E-state index in [9.17, 15) is 0 Å². The Bertz CT molecular complexity index is 417. The van der Waals surface area contributed by atoms with Gasteiger partial charge in [-0.2, -0.15) is 0 Å². The van der Waals surface area contributed by atoms with Crippen LogP contribution in [0.2, 0.25) is 0 Å². The SMILES string of the molecule is C=C(CC(/C=C\C)=C/C)NC(/C=C\CCC)=C/C=C/C. The van der Waals surface area contributed by atoms with E-state index in [0.29, 0.717) is 0 Å². The summed E-state index contributed by atoms with van der Waals surface area (Å²) in [4.78, 5) is 0. The summed E-state index contributed by atoms with van der Waals surface area (Å²) in [6.45, 7) is 12.4. The van der Waals surface area contributed by atoms with E-state index in [-0.39, 0.29) is 0 Å². The third-order valence-electron chi connectivity index (χ3n) is 2.71. The van der Waals surface area contributed by atoms with Crippen molar-refractivity contribution in [3.63, 3.8) is 0 Å². The average Bonchev–Trinajstić information content (AvgIpc) is 2.44. The summed E-state index contributed by atoms with van der Waals surface area (Å²) in [5.41, 5.74) is 3.36. The van der Waals surface area contributed by atoms with Gasteiger partial charge in [-0.1, -0.05) is 56.4 Å². The highest BCUT2D eigenvalue weighted by molar-refractivity contribution is 5.29. The Morgan fingerprint density at radius 3 is 2.40 bits per heavy atom. The van der Waals surface area contributed by atoms with Crippen LogP contribution in [0.5, 0.6) is 0 Å². The van der Waals surface area contributed by atoms with Crippen molar-refractivity contribution in [3.05, 3.63) is 72.2 Å². The largest absolute Gasteiger partial charge is 0.359 e. The maximum Gasteiger partial charge on any atom is 0.0378 e. The topological polar surface area (TPSA) is 12.0 Å². The van der Waals surface area contributed by atoms with Gasteiger partial charge in [0, 0.05) is 17.8 Å². The van der Waals surface area contributed by atoms with Crippen LogP contribution in [0, 0.1) is 0 Å². The van der Waals surface area contributed by atoms with E-state index in [1.54, 1.807) is 0 Å². The minimum Gasteiger partial charge on any atom is -0.359 e. The van der Waals surface area contributed by atoms with Gasteiger partial charge in [0.15, 0.2) is 0 Å². The number of nitrogens with one attached hydrogen (secondary N) is 1. The fourth-order valence-corrected chi connectivity index (χ4v) is 1.68. The Kier molecular flexibility index (Phi) is 11.2. The van der Waals surface area contributed by atoms with Gasteiger partial charge in [-0.3, -0.25) is 0 Å². The third-order valence-corrected chi connectivity index (χ3v) is 2.71. The number of allylic oxidation sites excluding steroid dienone is 9. The fourth-order valence-electron chi connectivity index (χ4n) is 1.68. The van der Waals surface area contributed by atoms with E-state index >= 15 is 0 Å². The van der Waals surface area contributed by atoms with Crippen LogP contribution in [-0.4, -0.2) is 0 Å². The molecule has 0 radical (unpaired) electrons. The molecule has 0 heterocycles. The van der Waals surface area contributed by atoms with Gasteiger partial charge >= 0.3 is 0 Å². The number of rotatable bonds is 9. The second-order valence-corrected chi connectivity index (χ2v) is 4.61. The first-order chi connectivity index (χ1) is 9.67. The molecule has 0 saturated heterocycles. The summed E-state index contributed by atoms with van der Waals surface area (Å²) in [6.07, 6.45) is 19.8. The van der Waals surface area contributed by atoms with Crippen LogP contribution < -0.4 is 5.32 Å². The summed E-state index contributed by atoms with van der Waals surface area (Å²) < 4.78 is 0. The molecule has 1 heteroatoms. The molecule has 0 aliphatic heterocycles. The van der Waals surface area contributed by atoms with Crippen LogP contribution in [0.4, 0.5) is 0 Å². The summed E-state index contributed by atoms with van der Waals surface area (Å²) in [6, 6.07) is 0. The number of hydrogen-bond acceptors (Lipinski definition) is 1. The van der Waals surface area contributed by atoms with Gasteiger partial charge in [0.25, 0.3) is 0 Å². The number of unbranched alkanes of at least 4 members (excludes halogenated alkanes) is 1. The maximum atomic E-state index is 4.12. The standard InChI is InChI=1S/C19H29N/c1-6-10-12-15-19(14-11-7-2)20-17(5)16-18(9-4)13-8-3/h7-9,11-15,20H,5-6,10,16H2,1-4H3/b11-7+,13-8-,15-12-,18-9+,19-14+. The zero-order valence-electron chi connectivity index (χ0n) is 13.4. The Morgan fingerprint density at radius 2 is 1.85 bits per heavy atom. The minimum absolute atomic E-state index is 0.843. The van der Waals surface area contributed by atoms with Gasteiger partial charge in [0.2, 0.25) is 0 Å². The van der Waals surface area contributed by atoms with Crippen LogP contribution in [0.3, 0.4) is 0 Å². The van der Waals surface area contributed by atoms with Crippen LogP contribution in [-0.2, 0) is 0 Å². The van der Waals surface area contributed by atoms with E-state index in [0.717, 1.165) is 24.2 Å². The third kappa shape index (κ3) is 9.21. The molecule has 0 fully saturated rings. The molecular weight excluding hydrogens is 242 g/mol. The Balaban J connectivity index is 4.69. The predicted octanol–water partition coefficient (Wildman–Crippen LogP) is 5.82. The van der Waals surface area contributed by atoms with E-state index in [1.807, 2.05) is 26.0 Å². The van der Waals surface area contributed by atoms with Gasteiger partial charge in [-0.05, 0) is 44.9 Å². The average molecular weight is 271 g/mol. The van der Waals surface area contributed by atoms with Gasteiger partial charge in [0.1, 0.15) is 0 Å². The highest BCUT2D eigenvalue weighted by Crippen LogP contribution is 2.11. The summed E-state index contributed by atoms with van der Waals surface area (Å²) in [7, 11) is 0. The zero-order valence-corrected chi connectivity index (χ0v) is 13.4. The monoisotopic (exact) mass is 271 g/mol. The molecule has 0 aromatic carbocycles. The minimum atomic E-state index is 0.843. The molecule has 1 N–H and O–H groups in total. The van der Waals surface area contributed by atoms with E-state index < -0.39 is 0 Å². The van der Waals surface area contributed by atoms with Gasteiger partial charge in [-0.15, -0.1) is 0 Å².